The van der Waals surface area contributed by atoms with Gasteiger partial charge in [0.2, 0.25) is 0 Å². The Hall–Kier alpha value is -1.25. The number of pyridine rings is 1. The number of anilines is 1. The first-order valence-corrected chi connectivity index (χ1v) is 6.54. The molecule has 3 heteroatoms. The smallest absolute Gasteiger partial charge is 0.160 e. The lowest BCUT2D eigenvalue weighted by molar-refractivity contribution is 0.414. The standard InChI is InChI=1S/C14H22N2O/c1-11-9-13(14(17-2)10-16-11)15-8-7-12-5-3-4-6-12/h9-10,12H,3-8H2,1-2H3,(H,15,16). The predicted molar refractivity (Wildman–Crippen MR) is 70.6 cm³/mol. The van der Waals surface area contributed by atoms with E-state index in [4.69, 9.17) is 4.74 Å². The van der Waals surface area contributed by atoms with Gasteiger partial charge >= 0.3 is 0 Å². The lowest BCUT2D eigenvalue weighted by Gasteiger charge is -2.13. The first-order chi connectivity index (χ1) is 8.29. The molecule has 1 saturated carbocycles. The Morgan fingerprint density at radius 3 is 2.88 bits per heavy atom. The van der Waals surface area contributed by atoms with Crippen LogP contribution in [0.25, 0.3) is 0 Å². The molecule has 0 aliphatic heterocycles. The molecule has 3 nitrogen and oxygen atoms in total. The average Bonchev–Trinajstić information content (AvgIpc) is 2.82. The topological polar surface area (TPSA) is 34.1 Å². The van der Waals surface area contributed by atoms with Crippen molar-refractivity contribution in [3.63, 3.8) is 0 Å². The number of aryl methyl sites for hydroxylation is 1. The molecule has 0 spiro atoms. The molecule has 1 aromatic rings. The van der Waals surface area contributed by atoms with Crippen molar-refractivity contribution < 1.29 is 4.74 Å². The summed E-state index contributed by atoms with van der Waals surface area (Å²) < 4.78 is 5.30. The Balaban J connectivity index is 1.86. The molecule has 0 aromatic carbocycles. The summed E-state index contributed by atoms with van der Waals surface area (Å²) in [6.45, 7) is 3.03. The van der Waals surface area contributed by atoms with E-state index in [1.54, 1.807) is 13.3 Å². The predicted octanol–water partition coefficient (Wildman–Crippen LogP) is 3.39. The summed E-state index contributed by atoms with van der Waals surface area (Å²) >= 11 is 0. The summed E-state index contributed by atoms with van der Waals surface area (Å²) in [6.07, 6.45) is 8.71. The third-order valence-electron chi connectivity index (χ3n) is 3.57. The maximum absolute atomic E-state index is 5.30. The number of ether oxygens (including phenoxy) is 1. The Morgan fingerprint density at radius 2 is 2.18 bits per heavy atom. The highest BCUT2D eigenvalue weighted by molar-refractivity contribution is 5.55. The van der Waals surface area contributed by atoms with Gasteiger partial charge in [-0.3, -0.25) is 4.98 Å². The number of hydrogen-bond acceptors (Lipinski definition) is 3. The molecule has 17 heavy (non-hydrogen) atoms. The maximum atomic E-state index is 5.30. The van der Waals surface area contributed by atoms with Crippen LogP contribution in [0.4, 0.5) is 5.69 Å². The van der Waals surface area contributed by atoms with Gasteiger partial charge in [-0.25, -0.2) is 0 Å². The van der Waals surface area contributed by atoms with E-state index in [-0.39, 0.29) is 0 Å². The molecular formula is C14H22N2O. The van der Waals surface area contributed by atoms with E-state index in [1.807, 2.05) is 13.0 Å². The van der Waals surface area contributed by atoms with Crippen LogP contribution in [-0.4, -0.2) is 18.6 Å². The van der Waals surface area contributed by atoms with Crippen molar-refractivity contribution in [1.29, 1.82) is 0 Å². The number of nitrogens with zero attached hydrogens (tertiary/aromatic N) is 1. The second-order valence-corrected chi connectivity index (χ2v) is 4.89. The molecule has 0 saturated heterocycles. The fourth-order valence-corrected chi connectivity index (χ4v) is 2.56. The van der Waals surface area contributed by atoms with Crippen molar-refractivity contribution >= 4 is 5.69 Å². The lowest BCUT2D eigenvalue weighted by Crippen LogP contribution is -2.08. The second-order valence-electron chi connectivity index (χ2n) is 4.89. The first-order valence-electron chi connectivity index (χ1n) is 6.54. The molecule has 2 rings (SSSR count). The van der Waals surface area contributed by atoms with Gasteiger partial charge in [0, 0.05) is 12.2 Å². The number of nitrogens with one attached hydrogen (secondary N) is 1. The Bertz CT molecular complexity index is 359. The zero-order chi connectivity index (χ0) is 12.1. The third-order valence-corrected chi connectivity index (χ3v) is 3.57. The van der Waals surface area contributed by atoms with E-state index >= 15 is 0 Å². The highest BCUT2D eigenvalue weighted by Gasteiger charge is 2.14. The summed E-state index contributed by atoms with van der Waals surface area (Å²) in [6, 6.07) is 2.05. The van der Waals surface area contributed by atoms with Crippen LogP contribution in [0, 0.1) is 12.8 Å². The van der Waals surface area contributed by atoms with Crippen LogP contribution >= 0.6 is 0 Å². The number of hydrogen-bond donors (Lipinski definition) is 1. The fraction of sp³-hybridized carbons (Fsp3) is 0.643. The molecule has 0 bridgehead atoms. The van der Waals surface area contributed by atoms with Gasteiger partial charge in [-0.2, -0.15) is 0 Å². The molecule has 0 atom stereocenters. The Kier molecular flexibility index (Phi) is 4.24. The van der Waals surface area contributed by atoms with Crippen molar-refractivity contribution in [3.8, 4) is 5.75 Å². The normalized spacial score (nSPS) is 16.1. The highest BCUT2D eigenvalue weighted by Crippen LogP contribution is 2.28. The Labute approximate surface area is 104 Å². The minimum absolute atomic E-state index is 0.835. The van der Waals surface area contributed by atoms with Gasteiger partial charge in [-0.1, -0.05) is 25.7 Å². The molecule has 1 fully saturated rings. The zero-order valence-electron chi connectivity index (χ0n) is 10.8. The van der Waals surface area contributed by atoms with E-state index in [2.05, 4.69) is 10.3 Å². The van der Waals surface area contributed by atoms with E-state index < -0.39 is 0 Å². The molecule has 0 unspecified atom stereocenters. The van der Waals surface area contributed by atoms with Crippen LogP contribution in [-0.2, 0) is 0 Å². The second kappa shape index (κ2) is 5.89. The van der Waals surface area contributed by atoms with Crippen LogP contribution in [0.2, 0.25) is 0 Å². The van der Waals surface area contributed by atoms with Crippen molar-refractivity contribution in [1.82, 2.24) is 4.98 Å². The quantitative estimate of drug-likeness (QED) is 0.848. The van der Waals surface area contributed by atoms with Crippen molar-refractivity contribution in [2.45, 2.75) is 39.0 Å². The summed E-state index contributed by atoms with van der Waals surface area (Å²) in [5, 5.41) is 3.47. The highest BCUT2D eigenvalue weighted by atomic mass is 16.5. The molecule has 1 aromatic heterocycles. The molecule has 1 N–H and O–H groups in total. The van der Waals surface area contributed by atoms with Crippen LogP contribution in [0.15, 0.2) is 12.3 Å². The Morgan fingerprint density at radius 1 is 1.41 bits per heavy atom. The molecule has 1 heterocycles. The summed E-state index contributed by atoms with van der Waals surface area (Å²) in [5.41, 5.74) is 2.09. The van der Waals surface area contributed by atoms with Gasteiger partial charge in [-0.05, 0) is 25.3 Å². The summed E-state index contributed by atoms with van der Waals surface area (Å²) in [7, 11) is 1.69. The van der Waals surface area contributed by atoms with E-state index in [0.29, 0.717) is 0 Å². The van der Waals surface area contributed by atoms with Gasteiger partial charge in [0.15, 0.2) is 5.75 Å². The van der Waals surface area contributed by atoms with Crippen molar-refractivity contribution in [3.05, 3.63) is 18.0 Å². The molecule has 0 radical (unpaired) electrons. The SMILES string of the molecule is COc1cnc(C)cc1NCCC1CCCC1. The summed E-state index contributed by atoms with van der Waals surface area (Å²) in [4.78, 5) is 4.23. The molecule has 94 valence electrons. The van der Waals surface area contributed by atoms with Crippen LogP contribution in [0.1, 0.15) is 37.8 Å². The van der Waals surface area contributed by atoms with Gasteiger partial charge in [-0.15, -0.1) is 0 Å². The van der Waals surface area contributed by atoms with E-state index in [9.17, 15) is 0 Å². The van der Waals surface area contributed by atoms with Crippen LogP contribution < -0.4 is 10.1 Å². The van der Waals surface area contributed by atoms with Crippen molar-refractivity contribution in [2.24, 2.45) is 5.92 Å². The molecule has 1 aliphatic carbocycles. The number of methoxy groups -OCH3 is 1. The number of rotatable bonds is 5. The minimum Gasteiger partial charge on any atom is -0.493 e. The van der Waals surface area contributed by atoms with E-state index in [1.165, 1.54) is 32.1 Å². The first kappa shape index (κ1) is 12.2. The van der Waals surface area contributed by atoms with Gasteiger partial charge in [0.05, 0.1) is 19.0 Å². The van der Waals surface area contributed by atoms with Gasteiger partial charge < -0.3 is 10.1 Å². The van der Waals surface area contributed by atoms with Gasteiger partial charge in [0.1, 0.15) is 0 Å². The zero-order valence-corrected chi connectivity index (χ0v) is 10.8. The molecule has 1 aliphatic rings. The third kappa shape index (κ3) is 3.35. The van der Waals surface area contributed by atoms with Crippen LogP contribution in [0.5, 0.6) is 5.75 Å². The minimum atomic E-state index is 0.835. The summed E-state index contributed by atoms with van der Waals surface area (Å²) in [5.74, 6) is 1.76. The van der Waals surface area contributed by atoms with E-state index in [0.717, 1.165) is 29.6 Å². The number of aromatic nitrogens is 1. The fourth-order valence-electron chi connectivity index (χ4n) is 2.56. The molecule has 0 amide bonds. The largest absolute Gasteiger partial charge is 0.493 e. The lowest BCUT2D eigenvalue weighted by atomic mass is 10.0. The monoisotopic (exact) mass is 234 g/mol. The molecular weight excluding hydrogens is 212 g/mol. The maximum Gasteiger partial charge on any atom is 0.160 e. The van der Waals surface area contributed by atoms with Crippen molar-refractivity contribution in [2.75, 3.05) is 19.0 Å². The van der Waals surface area contributed by atoms with Gasteiger partial charge in [0.25, 0.3) is 0 Å². The van der Waals surface area contributed by atoms with Crippen LogP contribution in [0.3, 0.4) is 0 Å². The average molecular weight is 234 g/mol.